The van der Waals surface area contributed by atoms with Crippen LogP contribution in [0.3, 0.4) is 0 Å². The Morgan fingerprint density at radius 1 is 1.03 bits per heavy atom. The van der Waals surface area contributed by atoms with Gasteiger partial charge >= 0.3 is 0 Å². The highest BCUT2D eigenvalue weighted by atomic mass is 19.1. The van der Waals surface area contributed by atoms with Gasteiger partial charge in [0.05, 0.1) is 5.69 Å². The summed E-state index contributed by atoms with van der Waals surface area (Å²) in [5, 5.41) is 7.88. The van der Waals surface area contributed by atoms with Gasteiger partial charge < -0.3 is 10.2 Å². The zero-order chi connectivity index (χ0) is 24.5. The van der Waals surface area contributed by atoms with E-state index in [1.807, 2.05) is 23.6 Å². The second-order valence-corrected chi connectivity index (χ2v) is 9.54. The van der Waals surface area contributed by atoms with Crippen molar-refractivity contribution in [1.82, 2.24) is 19.9 Å². The van der Waals surface area contributed by atoms with Crippen LogP contribution in [-0.2, 0) is 11.3 Å². The molecular weight excluding hydrogens is 441 g/mol. The first-order chi connectivity index (χ1) is 16.9. The van der Waals surface area contributed by atoms with Crippen molar-refractivity contribution in [2.24, 2.45) is 5.92 Å². The average Bonchev–Trinajstić information content (AvgIpc) is 3.26. The van der Waals surface area contributed by atoms with Gasteiger partial charge in [0, 0.05) is 48.9 Å². The molecule has 0 bridgehead atoms. The van der Waals surface area contributed by atoms with Crippen molar-refractivity contribution in [3.05, 3.63) is 82.8 Å². The molecule has 7 heteroatoms. The number of carbonyl (C=O) groups excluding carboxylic acids is 1. The van der Waals surface area contributed by atoms with Crippen molar-refractivity contribution in [2.45, 2.75) is 40.2 Å². The van der Waals surface area contributed by atoms with Crippen molar-refractivity contribution >= 4 is 17.4 Å². The molecule has 0 spiro atoms. The third kappa shape index (κ3) is 5.04. The molecule has 0 saturated carbocycles. The van der Waals surface area contributed by atoms with E-state index in [2.05, 4.69) is 48.3 Å². The Morgan fingerprint density at radius 2 is 1.77 bits per heavy atom. The van der Waals surface area contributed by atoms with Crippen LogP contribution in [0.4, 0.5) is 10.2 Å². The summed E-state index contributed by atoms with van der Waals surface area (Å²) >= 11 is 0. The standard InChI is InChI=1S/C28H30FN5O/c1-18-11-19(2)13-23(12-18)25-16-26-31-20(3)14-27(34(26)32-25)33-9-7-22(8-10-33)28(35)30-17-21-5-4-6-24(29)15-21/h4-6,11-16,22H,7-10,17H2,1-3H3,(H,30,35). The summed E-state index contributed by atoms with van der Waals surface area (Å²) in [5.74, 6) is 0.688. The maximum absolute atomic E-state index is 13.4. The first-order valence-electron chi connectivity index (χ1n) is 12.1. The predicted molar refractivity (Wildman–Crippen MR) is 136 cm³/mol. The molecule has 6 nitrogen and oxygen atoms in total. The minimum atomic E-state index is -0.289. The molecule has 0 radical (unpaired) electrons. The fourth-order valence-corrected chi connectivity index (χ4v) is 4.92. The highest BCUT2D eigenvalue weighted by molar-refractivity contribution is 5.79. The first-order valence-corrected chi connectivity index (χ1v) is 12.1. The summed E-state index contributed by atoms with van der Waals surface area (Å²) in [7, 11) is 0. The molecule has 180 valence electrons. The SMILES string of the molecule is Cc1cc(C)cc(-c2cc3nc(C)cc(N4CCC(C(=O)NCc5cccc(F)c5)CC4)n3n2)c1. The summed E-state index contributed by atoms with van der Waals surface area (Å²) in [4.78, 5) is 19.7. The van der Waals surface area contributed by atoms with Gasteiger partial charge in [-0.1, -0.05) is 29.3 Å². The Hall–Kier alpha value is -3.74. The van der Waals surface area contributed by atoms with Crippen LogP contribution in [0.5, 0.6) is 0 Å². The van der Waals surface area contributed by atoms with E-state index in [1.165, 1.54) is 23.3 Å². The first kappa shape index (κ1) is 23.0. The van der Waals surface area contributed by atoms with Crippen molar-refractivity contribution in [3.8, 4) is 11.3 Å². The molecule has 35 heavy (non-hydrogen) atoms. The third-order valence-electron chi connectivity index (χ3n) is 6.60. The Morgan fingerprint density at radius 3 is 2.49 bits per heavy atom. The van der Waals surface area contributed by atoms with Gasteiger partial charge in [0.2, 0.25) is 5.91 Å². The van der Waals surface area contributed by atoms with Crippen LogP contribution in [0.2, 0.25) is 0 Å². The number of hydrogen-bond donors (Lipinski definition) is 1. The number of hydrogen-bond acceptors (Lipinski definition) is 4. The van der Waals surface area contributed by atoms with E-state index in [1.54, 1.807) is 6.07 Å². The predicted octanol–water partition coefficient (Wildman–Crippen LogP) is 4.99. The molecule has 1 fully saturated rings. The van der Waals surface area contributed by atoms with E-state index < -0.39 is 0 Å². The van der Waals surface area contributed by atoms with Crippen LogP contribution in [0, 0.1) is 32.5 Å². The van der Waals surface area contributed by atoms with Gasteiger partial charge in [0.25, 0.3) is 0 Å². The van der Waals surface area contributed by atoms with Crippen LogP contribution in [0.1, 0.15) is 35.2 Å². The molecule has 0 unspecified atom stereocenters. The van der Waals surface area contributed by atoms with Crippen LogP contribution < -0.4 is 10.2 Å². The number of nitrogens with zero attached hydrogens (tertiary/aromatic N) is 4. The number of nitrogens with one attached hydrogen (secondary N) is 1. The number of anilines is 1. The number of fused-ring (bicyclic) bond motifs is 1. The van der Waals surface area contributed by atoms with Crippen molar-refractivity contribution in [2.75, 3.05) is 18.0 Å². The zero-order valence-corrected chi connectivity index (χ0v) is 20.4. The lowest BCUT2D eigenvalue weighted by Gasteiger charge is -2.33. The molecule has 1 amide bonds. The van der Waals surface area contributed by atoms with Gasteiger partial charge in [0.15, 0.2) is 5.65 Å². The van der Waals surface area contributed by atoms with Crippen LogP contribution in [-0.4, -0.2) is 33.6 Å². The van der Waals surface area contributed by atoms with Gasteiger partial charge in [-0.05, 0) is 63.4 Å². The third-order valence-corrected chi connectivity index (χ3v) is 6.60. The van der Waals surface area contributed by atoms with Gasteiger partial charge in [-0.2, -0.15) is 9.61 Å². The number of aryl methyl sites for hydroxylation is 3. The van der Waals surface area contributed by atoms with Crippen LogP contribution in [0.25, 0.3) is 16.9 Å². The molecule has 2 aromatic carbocycles. The fraction of sp³-hybridized carbons (Fsp3) is 0.321. The maximum Gasteiger partial charge on any atom is 0.223 e. The van der Waals surface area contributed by atoms with Gasteiger partial charge in [-0.15, -0.1) is 0 Å². The summed E-state index contributed by atoms with van der Waals surface area (Å²) in [6, 6.07) is 16.9. The normalized spacial score (nSPS) is 14.5. The Labute approximate surface area is 204 Å². The molecule has 1 saturated heterocycles. The Kier molecular flexibility index (Phi) is 6.24. The Balaban J connectivity index is 1.30. The van der Waals surface area contributed by atoms with Crippen LogP contribution >= 0.6 is 0 Å². The number of rotatable bonds is 5. The second-order valence-electron chi connectivity index (χ2n) is 9.54. The minimum Gasteiger partial charge on any atom is -0.356 e. The molecule has 5 rings (SSSR count). The minimum absolute atomic E-state index is 0.0289. The number of carbonyl (C=O) groups is 1. The van der Waals surface area contributed by atoms with E-state index in [0.717, 1.165) is 59.9 Å². The smallest absolute Gasteiger partial charge is 0.223 e. The van der Waals surface area contributed by atoms with E-state index >= 15 is 0 Å². The van der Waals surface area contributed by atoms with E-state index in [-0.39, 0.29) is 17.6 Å². The lowest BCUT2D eigenvalue weighted by molar-refractivity contribution is -0.125. The monoisotopic (exact) mass is 471 g/mol. The summed E-state index contributed by atoms with van der Waals surface area (Å²) < 4.78 is 15.3. The van der Waals surface area contributed by atoms with E-state index in [4.69, 9.17) is 10.1 Å². The second kappa shape index (κ2) is 9.49. The van der Waals surface area contributed by atoms with Gasteiger partial charge in [-0.25, -0.2) is 9.37 Å². The van der Waals surface area contributed by atoms with Gasteiger partial charge in [-0.3, -0.25) is 4.79 Å². The van der Waals surface area contributed by atoms with Crippen LogP contribution in [0.15, 0.2) is 54.6 Å². The summed E-state index contributed by atoms with van der Waals surface area (Å²) in [6.07, 6.45) is 1.51. The molecular formula is C28H30FN5O. The number of amides is 1. The summed E-state index contributed by atoms with van der Waals surface area (Å²) in [6.45, 7) is 8.05. The van der Waals surface area contributed by atoms with Crippen molar-refractivity contribution < 1.29 is 9.18 Å². The van der Waals surface area contributed by atoms with Gasteiger partial charge in [0.1, 0.15) is 11.6 Å². The molecule has 0 aliphatic carbocycles. The maximum atomic E-state index is 13.4. The quantitative estimate of drug-likeness (QED) is 0.445. The van der Waals surface area contributed by atoms with E-state index in [9.17, 15) is 9.18 Å². The molecule has 3 heterocycles. The number of benzene rings is 2. The zero-order valence-electron chi connectivity index (χ0n) is 20.4. The van der Waals surface area contributed by atoms with Crippen molar-refractivity contribution in [3.63, 3.8) is 0 Å². The lowest BCUT2D eigenvalue weighted by Crippen LogP contribution is -2.41. The highest BCUT2D eigenvalue weighted by Crippen LogP contribution is 2.28. The largest absolute Gasteiger partial charge is 0.356 e. The summed E-state index contributed by atoms with van der Waals surface area (Å²) in [5.41, 5.74) is 6.94. The molecule has 1 aliphatic heterocycles. The number of aromatic nitrogens is 3. The molecule has 4 aromatic rings. The molecule has 2 aromatic heterocycles. The van der Waals surface area contributed by atoms with Crippen molar-refractivity contribution in [1.29, 1.82) is 0 Å². The Bertz CT molecular complexity index is 1370. The number of halogens is 1. The average molecular weight is 472 g/mol. The molecule has 1 aliphatic rings. The number of piperidine rings is 1. The molecule has 1 N–H and O–H groups in total. The molecule has 0 atom stereocenters. The lowest BCUT2D eigenvalue weighted by atomic mass is 9.95. The van der Waals surface area contributed by atoms with E-state index in [0.29, 0.717) is 6.54 Å². The topological polar surface area (TPSA) is 62.5 Å². The fourth-order valence-electron chi connectivity index (χ4n) is 4.92. The highest BCUT2D eigenvalue weighted by Gasteiger charge is 2.26.